The topological polar surface area (TPSA) is 65.0 Å². The maximum Gasteiger partial charge on any atom is 0.358 e. The molecular formula is C20H19NO4S. The number of aliphatic imine (C=N–C) groups is 1. The summed E-state index contributed by atoms with van der Waals surface area (Å²) in [6, 6.07) is 15.4. The van der Waals surface area contributed by atoms with E-state index < -0.39 is 22.4 Å². The molecule has 0 saturated heterocycles. The average Bonchev–Trinajstić information content (AvgIpc) is 2.68. The van der Waals surface area contributed by atoms with Gasteiger partial charge in [-0.2, -0.15) is 0 Å². The van der Waals surface area contributed by atoms with Gasteiger partial charge in [0.1, 0.15) is 4.86 Å². The quantitative estimate of drug-likeness (QED) is 0.612. The Balaban J connectivity index is 2.47. The lowest BCUT2D eigenvalue weighted by atomic mass is 10.0. The molecular weight excluding hydrogens is 350 g/mol. The Morgan fingerprint density at radius 3 is 2.19 bits per heavy atom. The highest BCUT2D eigenvalue weighted by Crippen LogP contribution is 2.42. The summed E-state index contributed by atoms with van der Waals surface area (Å²) in [5.74, 6) is -0.571. The predicted molar refractivity (Wildman–Crippen MR) is 104 cm³/mol. The number of carbonyl (C=O) groups is 2. The highest BCUT2D eigenvalue weighted by Gasteiger charge is 2.30. The first-order chi connectivity index (χ1) is 12.6. The van der Waals surface area contributed by atoms with Gasteiger partial charge in [0.05, 0.1) is 19.9 Å². The van der Waals surface area contributed by atoms with Gasteiger partial charge in [-0.1, -0.05) is 43.3 Å². The molecule has 0 aliphatic carbocycles. The van der Waals surface area contributed by atoms with Crippen LogP contribution in [0, 0.1) is 0 Å². The Kier molecular flexibility index (Phi) is 5.32. The van der Waals surface area contributed by atoms with E-state index in [1.54, 1.807) is 0 Å². The second-order valence-electron chi connectivity index (χ2n) is 5.47. The van der Waals surface area contributed by atoms with Gasteiger partial charge in [0.2, 0.25) is 0 Å². The van der Waals surface area contributed by atoms with Crippen LogP contribution in [0.1, 0.15) is 6.92 Å². The average molecular weight is 369 g/mol. The van der Waals surface area contributed by atoms with Crippen LogP contribution in [0.5, 0.6) is 0 Å². The zero-order valence-electron chi connectivity index (χ0n) is 14.8. The molecule has 1 unspecified atom stereocenters. The SMILES string of the molecule is CC/S1=C(/C(=O)OC)C(C(=O)OC)=Nc2ccccc2-c2ccccc21. The maximum absolute atomic E-state index is 12.6. The maximum atomic E-state index is 12.6. The molecule has 0 bridgehead atoms. The van der Waals surface area contributed by atoms with E-state index in [0.29, 0.717) is 11.4 Å². The Morgan fingerprint density at radius 2 is 1.54 bits per heavy atom. The van der Waals surface area contributed by atoms with E-state index in [4.69, 9.17) is 9.47 Å². The molecule has 1 heterocycles. The highest BCUT2D eigenvalue weighted by atomic mass is 32.2. The summed E-state index contributed by atoms with van der Waals surface area (Å²) in [6.07, 6.45) is 0. The van der Waals surface area contributed by atoms with E-state index in [2.05, 4.69) is 4.99 Å². The molecule has 0 N–H and O–H groups in total. The number of rotatable bonds is 3. The van der Waals surface area contributed by atoms with Crippen LogP contribution in [-0.2, 0) is 19.1 Å². The molecule has 0 radical (unpaired) electrons. The van der Waals surface area contributed by atoms with Gasteiger partial charge in [-0.25, -0.2) is 14.6 Å². The van der Waals surface area contributed by atoms with Gasteiger partial charge in [-0.3, -0.25) is 0 Å². The number of carbonyl (C=O) groups excluding carboxylic acids is 2. The van der Waals surface area contributed by atoms with Crippen molar-refractivity contribution in [2.24, 2.45) is 4.99 Å². The van der Waals surface area contributed by atoms with Crippen molar-refractivity contribution in [3.63, 3.8) is 0 Å². The third-order valence-electron chi connectivity index (χ3n) is 4.08. The molecule has 134 valence electrons. The van der Waals surface area contributed by atoms with Gasteiger partial charge in [0, 0.05) is 10.5 Å². The van der Waals surface area contributed by atoms with Gasteiger partial charge in [-0.15, -0.1) is 10.5 Å². The van der Waals surface area contributed by atoms with Crippen molar-refractivity contribution in [3.8, 4) is 11.1 Å². The van der Waals surface area contributed by atoms with E-state index >= 15 is 0 Å². The smallest absolute Gasteiger partial charge is 0.358 e. The van der Waals surface area contributed by atoms with Gasteiger partial charge in [-0.05, 0) is 23.4 Å². The summed E-state index contributed by atoms with van der Waals surface area (Å²) in [6.45, 7) is 1.98. The van der Waals surface area contributed by atoms with Crippen LogP contribution < -0.4 is 0 Å². The first kappa shape index (κ1) is 18.1. The van der Waals surface area contributed by atoms with Crippen molar-refractivity contribution in [1.82, 2.24) is 0 Å². The van der Waals surface area contributed by atoms with E-state index in [1.165, 1.54) is 14.2 Å². The first-order valence-corrected chi connectivity index (χ1v) is 9.53. The molecule has 26 heavy (non-hydrogen) atoms. The van der Waals surface area contributed by atoms with E-state index in [-0.39, 0.29) is 10.6 Å². The van der Waals surface area contributed by atoms with Gasteiger partial charge in [0.25, 0.3) is 0 Å². The Labute approximate surface area is 154 Å². The monoisotopic (exact) mass is 369 g/mol. The number of ether oxygens (including phenoxy) is 2. The van der Waals surface area contributed by atoms with Crippen LogP contribution in [0.2, 0.25) is 0 Å². The fraction of sp³-hybridized carbons (Fsp3) is 0.200. The van der Waals surface area contributed by atoms with E-state index in [9.17, 15) is 9.59 Å². The third-order valence-corrected chi connectivity index (χ3v) is 6.40. The minimum absolute atomic E-state index is 0.00601. The standard InChI is InChI=1S/C20H19NO4S/c1-4-26-16-12-8-6-10-14(16)13-9-5-7-11-15(13)21-17(19(22)24-2)18(26)20(23)25-3/h5-12H,4H2,1-3H3. The molecule has 1 atom stereocenters. The number of benzene rings is 2. The number of methoxy groups -OCH3 is 2. The molecule has 3 rings (SSSR count). The second-order valence-corrected chi connectivity index (χ2v) is 7.67. The molecule has 0 amide bonds. The predicted octanol–water partition coefficient (Wildman–Crippen LogP) is 3.61. The zero-order chi connectivity index (χ0) is 18.7. The number of fused-ring (bicyclic) bond motifs is 3. The summed E-state index contributed by atoms with van der Waals surface area (Å²) >= 11 is 0. The van der Waals surface area contributed by atoms with Crippen LogP contribution in [-0.4, -0.2) is 42.5 Å². The number of hydrogen-bond donors (Lipinski definition) is 0. The van der Waals surface area contributed by atoms with Crippen LogP contribution in [0.25, 0.3) is 11.1 Å². The molecule has 0 fully saturated rings. The van der Waals surface area contributed by atoms with Crippen molar-refractivity contribution in [3.05, 3.63) is 48.5 Å². The normalized spacial score (nSPS) is 17.1. The minimum Gasteiger partial charge on any atom is -0.465 e. The molecule has 6 heteroatoms. The van der Waals surface area contributed by atoms with Gasteiger partial charge >= 0.3 is 11.9 Å². The Bertz CT molecular complexity index is 946. The van der Waals surface area contributed by atoms with Gasteiger partial charge < -0.3 is 9.47 Å². The summed E-state index contributed by atoms with van der Waals surface area (Å²) in [5.41, 5.74) is 2.54. The van der Waals surface area contributed by atoms with Crippen LogP contribution in [0.4, 0.5) is 5.69 Å². The minimum atomic E-state index is -0.672. The molecule has 0 spiro atoms. The molecule has 5 nitrogen and oxygen atoms in total. The molecule has 2 aromatic rings. The van der Waals surface area contributed by atoms with Crippen LogP contribution in [0.15, 0.2) is 58.4 Å². The summed E-state index contributed by atoms with van der Waals surface area (Å²) < 4.78 is 9.90. The van der Waals surface area contributed by atoms with E-state index in [0.717, 1.165) is 16.0 Å². The van der Waals surface area contributed by atoms with Crippen molar-refractivity contribution >= 4 is 38.7 Å². The van der Waals surface area contributed by atoms with Crippen LogP contribution in [0.3, 0.4) is 0 Å². The summed E-state index contributed by atoms with van der Waals surface area (Å²) in [4.78, 5) is 30.8. The lowest BCUT2D eigenvalue weighted by molar-refractivity contribution is -0.134. The number of esters is 2. The third kappa shape index (κ3) is 3.08. The first-order valence-electron chi connectivity index (χ1n) is 8.14. The van der Waals surface area contributed by atoms with Crippen molar-refractivity contribution in [2.45, 2.75) is 11.8 Å². The fourth-order valence-corrected chi connectivity index (χ4v) is 5.08. The largest absolute Gasteiger partial charge is 0.465 e. The van der Waals surface area contributed by atoms with E-state index in [1.807, 2.05) is 55.5 Å². The van der Waals surface area contributed by atoms with Crippen LogP contribution >= 0.6 is 10.5 Å². The zero-order valence-corrected chi connectivity index (χ0v) is 15.6. The number of hydrogen-bond acceptors (Lipinski definition) is 5. The van der Waals surface area contributed by atoms with Crippen molar-refractivity contribution in [2.75, 3.05) is 20.0 Å². The van der Waals surface area contributed by atoms with Gasteiger partial charge in [0.15, 0.2) is 5.71 Å². The Hall–Kier alpha value is -2.73. The van der Waals surface area contributed by atoms with Crippen molar-refractivity contribution < 1.29 is 19.1 Å². The second kappa shape index (κ2) is 7.66. The Morgan fingerprint density at radius 1 is 0.923 bits per heavy atom. The molecule has 1 aliphatic rings. The molecule has 1 aliphatic heterocycles. The molecule has 0 saturated carbocycles. The molecule has 0 aromatic heterocycles. The van der Waals surface area contributed by atoms with Crippen molar-refractivity contribution in [1.29, 1.82) is 0 Å². The highest BCUT2D eigenvalue weighted by molar-refractivity contribution is 8.18. The molecule has 2 aromatic carbocycles. The summed E-state index contributed by atoms with van der Waals surface area (Å²) in [7, 11) is 1.91. The number of para-hydroxylation sites is 1. The number of nitrogens with zero attached hydrogens (tertiary/aromatic N) is 1. The fourth-order valence-electron chi connectivity index (χ4n) is 2.93. The lowest BCUT2D eigenvalue weighted by Gasteiger charge is -2.21. The summed E-state index contributed by atoms with van der Waals surface area (Å²) in [5, 5.41) is 0. The lowest BCUT2D eigenvalue weighted by Crippen LogP contribution is -2.33.